The van der Waals surface area contributed by atoms with Gasteiger partial charge in [-0.1, -0.05) is 0 Å². The highest BCUT2D eigenvalue weighted by Crippen LogP contribution is 2.42. The number of aromatic nitrogens is 2. The second-order valence-corrected chi connectivity index (χ2v) is 6.39. The van der Waals surface area contributed by atoms with E-state index in [1.807, 2.05) is 6.92 Å². The maximum atomic E-state index is 6.59. The summed E-state index contributed by atoms with van der Waals surface area (Å²) in [7, 11) is 0. The Balaban J connectivity index is 1.88. The van der Waals surface area contributed by atoms with Crippen LogP contribution in [0.4, 0.5) is 0 Å². The molecule has 0 spiro atoms. The van der Waals surface area contributed by atoms with Gasteiger partial charge < -0.3 is 10.5 Å². The van der Waals surface area contributed by atoms with Crippen molar-refractivity contribution in [2.45, 2.75) is 63.8 Å². The van der Waals surface area contributed by atoms with Gasteiger partial charge in [-0.3, -0.25) is 4.68 Å². The van der Waals surface area contributed by atoms with Crippen LogP contribution >= 0.6 is 15.9 Å². The number of hydrogen-bond donors (Lipinski definition) is 1. The van der Waals surface area contributed by atoms with Gasteiger partial charge in [0.1, 0.15) is 0 Å². The first-order valence-electron chi connectivity index (χ1n) is 6.69. The molecule has 3 atom stereocenters. The Hall–Kier alpha value is -0.390. The number of aryl methyl sites for hydroxylation is 2. The number of nitrogens with zero attached hydrogens (tertiary/aromatic N) is 2. The molecule has 1 aromatic heterocycles. The predicted octanol–water partition coefficient (Wildman–Crippen LogP) is 2.17. The molecule has 4 nitrogen and oxygen atoms in total. The van der Waals surface area contributed by atoms with E-state index in [1.54, 1.807) is 0 Å². The highest BCUT2D eigenvalue weighted by Gasteiger charge is 2.50. The lowest BCUT2D eigenvalue weighted by Gasteiger charge is -2.31. The van der Waals surface area contributed by atoms with E-state index in [4.69, 9.17) is 10.5 Å². The number of ether oxygens (including phenoxy) is 1. The van der Waals surface area contributed by atoms with Crippen LogP contribution in [0.15, 0.2) is 4.47 Å². The van der Waals surface area contributed by atoms with Gasteiger partial charge in [0, 0.05) is 13.0 Å². The third-order valence-electron chi connectivity index (χ3n) is 4.31. The molecule has 0 aliphatic carbocycles. The average Bonchev–Trinajstić information content (AvgIpc) is 2.98. The Morgan fingerprint density at radius 1 is 1.56 bits per heavy atom. The number of hydrogen-bond acceptors (Lipinski definition) is 3. The minimum Gasteiger partial charge on any atom is -0.373 e. The van der Waals surface area contributed by atoms with Crippen molar-refractivity contribution in [2.24, 2.45) is 5.73 Å². The number of halogens is 1. The largest absolute Gasteiger partial charge is 0.373 e. The number of fused-ring (bicyclic) bond motifs is 2. The van der Waals surface area contributed by atoms with Crippen molar-refractivity contribution in [1.29, 1.82) is 0 Å². The van der Waals surface area contributed by atoms with E-state index in [0.29, 0.717) is 6.10 Å². The van der Waals surface area contributed by atoms with E-state index < -0.39 is 0 Å². The van der Waals surface area contributed by atoms with E-state index in [9.17, 15) is 0 Å². The summed E-state index contributed by atoms with van der Waals surface area (Å²) in [5.74, 6) is 0. The lowest BCUT2D eigenvalue weighted by atomic mass is 9.79. The van der Waals surface area contributed by atoms with Crippen LogP contribution in [0.25, 0.3) is 0 Å². The van der Waals surface area contributed by atoms with E-state index in [1.165, 1.54) is 12.1 Å². The summed E-state index contributed by atoms with van der Waals surface area (Å²) in [6, 6.07) is 0. The maximum Gasteiger partial charge on any atom is 0.0764 e. The standard InChI is InChI=1S/C13H20BrN3O/c1-3-17-10(12(14)8(2)16-17)7-13(15)6-9-4-5-11(13)18-9/h9,11H,3-7,15H2,1-2H3. The fourth-order valence-corrected chi connectivity index (χ4v) is 3.79. The third kappa shape index (κ3) is 1.84. The fourth-order valence-electron chi connectivity index (χ4n) is 3.37. The van der Waals surface area contributed by atoms with E-state index in [-0.39, 0.29) is 11.6 Å². The van der Waals surface area contributed by atoms with Gasteiger partial charge in [0.2, 0.25) is 0 Å². The van der Waals surface area contributed by atoms with Gasteiger partial charge in [-0.15, -0.1) is 0 Å². The van der Waals surface area contributed by atoms with Crippen molar-refractivity contribution >= 4 is 15.9 Å². The fraction of sp³-hybridized carbons (Fsp3) is 0.769. The Labute approximate surface area is 116 Å². The summed E-state index contributed by atoms with van der Waals surface area (Å²) in [5.41, 5.74) is 8.65. The number of nitrogens with two attached hydrogens (primary N) is 1. The SMILES string of the molecule is CCn1nc(C)c(Br)c1CC1(N)CC2CCC1O2. The van der Waals surface area contributed by atoms with Gasteiger partial charge in [-0.05, 0) is 49.0 Å². The summed E-state index contributed by atoms with van der Waals surface area (Å²) in [4.78, 5) is 0. The lowest BCUT2D eigenvalue weighted by molar-refractivity contribution is 0.0852. The van der Waals surface area contributed by atoms with Crippen LogP contribution in [0.2, 0.25) is 0 Å². The van der Waals surface area contributed by atoms with E-state index in [2.05, 4.69) is 32.6 Å². The van der Waals surface area contributed by atoms with Crippen LogP contribution in [-0.4, -0.2) is 27.5 Å². The normalized spacial score (nSPS) is 34.4. The highest BCUT2D eigenvalue weighted by molar-refractivity contribution is 9.10. The van der Waals surface area contributed by atoms with Gasteiger partial charge >= 0.3 is 0 Å². The van der Waals surface area contributed by atoms with Crippen LogP contribution in [0, 0.1) is 6.92 Å². The smallest absolute Gasteiger partial charge is 0.0764 e. The molecule has 2 N–H and O–H groups in total. The molecule has 2 saturated heterocycles. The topological polar surface area (TPSA) is 53.1 Å². The first kappa shape index (κ1) is 12.6. The van der Waals surface area contributed by atoms with Crippen LogP contribution in [0.5, 0.6) is 0 Å². The number of rotatable bonds is 3. The van der Waals surface area contributed by atoms with E-state index >= 15 is 0 Å². The van der Waals surface area contributed by atoms with Gasteiger partial charge in [-0.25, -0.2) is 0 Å². The molecular formula is C13H20BrN3O. The molecule has 2 bridgehead atoms. The summed E-state index contributed by atoms with van der Waals surface area (Å²) < 4.78 is 9.07. The van der Waals surface area contributed by atoms with Crippen molar-refractivity contribution in [1.82, 2.24) is 9.78 Å². The molecule has 3 heterocycles. The van der Waals surface area contributed by atoms with Crippen molar-refractivity contribution in [3.63, 3.8) is 0 Å². The Kier molecular flexibility index (Phi) is 3.03. The molecule has 0 saturated carbocycles. The molecule has 0 amide bonds. The molecule has 100 valence electrons. The Morgan fingerprint density at radius 2 is 2.33 bits per heavy atom. The van der Waals surface area contributed by atoms with Crippen molar-refractivity contribution in [3.8, 4) is 0 Å². The van der Waals surface area contributed by atoms with Gasteiger partial charge in [0.15, 0.2) is 0 Å². The molecule has 3 unspecified atom stereocenters. The Bertz CT molecular complexity index is 473. The van der Waals surface area contributed by atoms with Gasteiger partial charge in [0.25, 0.3) is 0 Å². The van der Waals surface area contributed by atoms with Crippen molar-refractivity contribution < 1.29 is 4.74 Å². The predicted molar refractivity (Wildman–Crippen MR) is 73.5 cm³/mol. The second-order valence-electron chi connectivity index (χ2n) is 5.60. The zero-order chi connectivity index (χ0) is 12.9. The van der Waals surface area contributed by atoms with Crippen LogP contribution < -0.4 is 5.73 Å². The molecular weight excluding hydrogens is 294 g/mol. The van der Waals surface area contributed by atoms with E-state index in [0.717, 1.165) is 36.0 Å². The van der Waals surface area contributed by atoms with Crippen LogP contribution in [0.1, 0.15) is 37.6 Å². The zero-order valence-corrected chi connectivity index (χ0v) is 12.5. The monoisotopic (exact) mass is 313 g/mol. The molecule has 5 heteroatoms. The second kappa shape index (κ2) is 4.32. The third-order valence-corrected chi connectivity index (χ3v) is 5.34. The molecule has 18 heavy (non-hydrogen) atoms. The molecule has 0 aromatic carbocycles. The summed E-state index contributed by atoms with van der Waals surface area (Å²) in [5, 5.41) is 4.54. The molecule has 2 aliphatic heterocycles. The summed E-state index contributed by atoms with van der Waals surface area (Å²) >= 11 is 3.65. The van der Waals surface area contributed by atoms with Crippen molar-refractivity contribution in [2.75, 3.05) is 0 Å². The molecule has 3 rings (SSSR count). The van der Waals surface area contributed by atoms with Gasteiger partial charge in [0.05, 0.1) is 33.6 Å². The van der Waals surface area contributed by atoms with Crippen LogP contribution in [0.3, 0.4) is 0 Å². The Morgan fingerprint density at radius 3 is 2.89 bits per heavy atom. The quantitative estimate of drug-likeness (QED) is 0.930. The molecule has 0 radical (unpaired) electrons. The van der Waals surface area contributed by atoms with Gasteiger partial charge in [-0.2, -0.15) is 5.10 Å². The van der Waals surface area contributed by atoms with Crippen LogP contribution in [-0.2, 0) is 17.7 Å². The molecule has 2 aliphatic rings. The first-order valence-corrected chi connectivity index (χ1v) is 7.49. The zero-order valence-electron chi connectivity index (χ0n) is 10.9. The van der Waals surface area contributed by atoms with Crippen molar-refractivity contribution in [3.05, 3.63) is 15.9 Å². The minimum atomic E-state index is -0.204. The summed E-state index contributed by atoms with van der Waals surface area (Å²) in [6.07, 6.45) is 4.74. The molecule has 2 fully saturated rings. The highest BCUT2D eigenvalue weighted by atomic mass is 79.9. The lowest BCUT2D eigenvalue weighted by Crippen LogP contribution is -2.50. The molecule has 1 aromatic rings. The summed E-state index contributed by atoms with van der Waals surface area (Å²) in [6.45, 7) is 5.02. The minimum absolute atomic E-state index is 0.204. The maximum absolute atomic E-state index is 6.59. The average molecular weight is 314 g/mol. The first-order chi connectivity index (χ1) is 8.53.